The maximum absolute atomic E-state index is 11.8. The lowest BCUT2D eigenvalue weighted by atomic mass is 10.2. The lowest BCUT2D eigenvalue weighted by Crippen LogP contribution is -2.25. The SMILES string of the molecule is CC(C)Oc1ccc(/C=C2/NC(=O)N(C)C2=O)cc1Br. The number of hydrogen-bond donors (Lipinski definition) is 1. The van der Waals surface area contributed by atoms with Crippen molar-refractivity contribution in [3.8, 4) is 5.75 Å². The molecule has 6 heteroatoms. The van der Waals surface area contributed by atoms with E-state index in [1.165, 1.54) is 7.05 Å². The van der Waals surface area contributed by atoms with Gasteiger partial charge in [0.25, 0.3) is 5.91 Å². The topological polar surface area (TPSA) is 58.6 Å². The van der Waals surface area contributed by atoms with Gasteiger partial charge in [-0.25, -0.2) is 4.79 Å². The molecule has 1 aromatic rings. The lowest BCUT2D eigenvalue weighted by molar-refractivity contribution is -0.121. The van der Waals surface area contributed by atoms with Gasteiger partial charge in [0.05, 0.1) is 10.6 Å². The van der Waals surface area contributed by atoms with Crippen LogP contribution in [-0.2, 0) is 4.79 Å². The Labute approximate surface area is 125 Å². The van der Waals surface area contributed by atoms with Crippen LogP contribution in [0.1, 0.15) is 19.4 Å². The molecule has 0 saturated carbocycles. The average molecular weight is 339 g/mol. The minimum absolute atomic E-state index is 0.0832. The molecule has 1 aromatic carbocycles. The van der Waals surface area contributed by atoms with E-state index < -0.39 is 6.03 Å². The first-order valence-electron chi connectivity index (χ1n) is 6.15. The van der Waals surface area contributed by atoms with E-state index in [4.69, 9.17) is 4.74 Å². The van der Waals surface area contributed by atoms with Gasteiger partial charge in [-0.1, -0.05) is 6.07 Å². The molecule has 106 valence electrons. The van der Waals surface area contributed by atoms with Crippen LogP contribution < -0.4 is 10.1 Å². The molecule has 1 heterocycles. The maximum atomic E-state index is 11.8. The predicted molar refractivity (Wildman–Crippen MR) is 79.2 cm³/mol. The van der Waals surface area contributed by atoms with E-state index in [0.29, 0.717) is 0 Å². The molecule has 0 aliphatic carbocycles. The van der Waals surface area contributed by atoms with Crippen LogP contribution in [0.3, 0.4) is 0 Å². The smallest absolute Gasteiger partial charge is 0.328 e. The van der Waals surface area contributed by atoms with Gasteiger partial charge >= 0.3 is 6.03 Å². The number of benzene rings is 1. The van der Waals surface area contributed by atoms with Crippen LogP contribution in [0.2, 0.25) is 0 Å². The van der Waals surface area contributed by atoms with Crippen molar-refractivity contribution in [2.24, 2.45) is 0 Å². The molecule has 5 nitrogen and oxygen atoms in total. The van der Waals surface area contributed by atoms with Crippen molar-refractivity contribution in [2.75, 3.05) is 7.05 Å². The van der Waals surface area contributed by atoms with E-state index in [0.717, 1.165) is 20.7 Å². The summed E-state index contributed by atoms with van der Waals surface area (Å²) in [5.41, 5.74) is 1.06. The summed E-state index contributed by atoms with van der Waals surface area (Å²) in [6.07, 6.45) is 1.72. The first-order valence-corrected chi connectivity index (χ1v) is 6.94. The summed E-state index contributed by atoms with van der Waals surface area (Å²) in [4.78, 5) is 24.1. The summed E-state index contributed by atoms with van der Waals surface area (Å²) < 4.78 is 6.41. The van der Waals surface area contributed by atoms with E-state index in [1.807, 2.05) is 32.0 Å². The Balaban J connectivity index is 2.25. The van der Waals surface area contributed by atoms with Crippen molar-refractivity contribution < 1.29 is 14.3 Å². The molecule has 3 amide bonds. The highest BCUT2D eigenvalue weighted by molar-refractivity contribution is 9.10. The number of likely N-dealkylation sites (N-methyl/N-ethyl adjacent to an activating group) is 1. The van der Waals surface area contributed by atoms with E-state index in [2.05, 4.69) is 21.2 Å². The molecule has 1 aliphatic rings. The van der Waals surface area contributed by atoms with Gasteiger partial charge in [-0.3, -0.25) is 9.69 Å². The van der Waals surface area contributed by atoms with Gasteiger partial charge in [-0.05, 0) is 53.5 Å². The third-order valence-corrected chi connectivity index (χ3v) is 3.33. The van der Waals surface area contributed by atoms with E-state index >= 15 is 0 Å². The number of rotatable bonds is 3. The summed E-state index contributed by atoms with van der Waals surface area (Å²) in [6.45, 7) is 3.90. The van der Waals surface area contributed by atoms with Gasteiger partial charge in [0.1, 0.15) is 11.4 Å². The standard InChI is InChI=1S/C14H15BrN2O3/c1-8(2)20-12-5-4-9(6-10(12)15)7-11-13(18)17(3)14(19)16-11/h4-8H,1-3H3,(H,16,19)/b11-7+. The number of ether oxygens (including phenoxy) is 1. The average Bonchev–Trinajstić information content (AvgIpc) is 2.60. The zero-order valence-electron chi connectivity index (χ0n) is 11.4. The summed E-state index contributed by atoms with van der Waals surface area (Å²) in [5, 5.41) is 2.52. The van der Waals surface area contributed by atoms with E-state index in [-0.39, 0.29) is 17.7 Å². The Kier molecular flexibility index (Phi) is 4.13. The van der Waals surface area contributed by atoms with E-state index in [1.54, 1.807) is 6.08 Å². The highest BCUT2D eigenvalue weighted by Crippen LogP contribution is 2.28. The minimum atomic E-state index is -0.417. The molecule has 0 aromatic heterocycles. The van der Waals surface area contributed by atoms with Gasteiger partial charge < -0.3 is 10.1 Å². The van der Waals surface area contributed by atoms with E-state index in [9.17, 15) is 9.59 Å². The third kappa shape index (κ3) is 3.01. The highest BCUT2D eigenvalue weighted by atomic mass is 79.9. The number of amides is 3. The number of urea groups is 1. The second kappa shape index (κ2) is 5.66. The Morgan fingerprint density at radius 1 is 1.35 bits per heavy atom. The fourth-order valence-corrected chi connectivity index (χ4v) is 2.24. The normalized spacial score (nSPS) is 17.1. The number of carbonyl (C=O) groups is 2. The Hall–Kier alpha value is -1.82. The van der Waals surface area contributed by atoms with Gasteiger partial charge in [0, 0.05) is 7.05 Å². The van der Waals surface area contributed by atoms with Crippen molar-refractivity contribution in [3.05, 3.63) is 33.9 Å². The fourth-order valence-electron chi connectivity index (χ4n) is 1.75. The fraction of sp³-hybridized carbons (Fsp3) is 0.286. The molecular formula is C14H15BrN2O3. The molecule has 1 fully saturated rings. The van der Waals surface area contributed by atoms with Crippen molar-refractivity contribution in [3.63, 3.8) is 0 Å². The lowest BCUT2D eigenvalue weighted by Gasteiger charge is -2.11. The second-order valence-electron chi connectivity index (χ2n) is 4.71. The second-order valence-corrected chi connectivity index (χ2v) is 5.56. The molecule has 0 spiro atoms. The number of hydrogen-bond acceptors (Lipinski definition) is 3. The summed E-state index contributed by atoms with van der Waals surface area (Å²) in [6, 6.07) is 5.07. The molecule has 0 radical (unpaired) electrons. The zero-order chi connectivity index (χ0) is 14.9. The summed E-state index contributed by atoms with van der Waals surface area (Å²) in [7, 11) is 1.44. The van der Waals surface area contributed by atoms with Crippen LogP contribution in [-0.4, -0.2) is 30.0 Å². The molecule has 0 unspecified atom stereocenters. The van der Waals surface area contributed by atoms with Crippen LogP contribution in [0.25, 0.3) is 6.08 Å². The largest absolute Gasteiger partial charge is 0.490 e. The first-order chi connectivity index (χ1) is 9.38. The Morgan fingerprint density at radius 3 is 2.55 bits per heavy atom. The highest BCUT2D eigenvalue weighted by Gasteiger charge is 2.29. The molecule has 0 bridgehead atoms. The van der Waals surface area contributed by atoms with Crippen LogP contribution in [0.15, 0.2) is 28.4 Å². The van der Waals surface area contributed by atoms with Crippen LogP contribution in [0, 0.1) is 0 Å². The number of carbonyl (C=O) groups excluding carboxylic acids is 2. The number of halogens is 1. The van der Waals surface area contributed by atoms with Crippen molar-refractivity contribution >= 4 is 33.9 Å². The summed E-state index contributed by atoms with van der Waals surface area (Å²) in [5.74, 6) is 0.398. The Morgan fingerprint density at radius 2 is 2.05 bits per heavy atom. The molecule has 20 heavy (non-hydrogen) atoms. The third-order valence-electron chi connectivity index (χ3n) is 2.71. The van der Waals surface area contributed by atoms with Crippen LogP contribution >= 0.6 is 15.9 Å². The van der Waals surface area contributed by atoms with Gasteiger partial charge in [-0.15, -0.1) is 0 Å². The Bertz CT molecular complexity index is 596. The molecule has 1 aliphatic heterocycles. The van der Waals surface area contributed by atoms with Gasteiger partial charge in [0.15, 0.2) is 0 Å². The minimum Gasteiger partial charge on any atom is -0.490 e. The maximum Gasteiger partial charge on any atom is 0.328 e. The van der Waals surface area contributed by atoms with Gasteiger partial charge in [0.2, 0.25) is 0 Å². The zero-order valence-corrected chi connectivity index (χ0v) is 13.0. The van der Waals surface area contributed by atoms with Crippen molar-refractivity contribution in [2.45, 2.75) is 20.0 Å². The molecule has 1 saturated heterocycles. The number of imide groups is 1. The molecule has 2 rings (SSSR count). The molecule has 1 N–H and O–H groups in total. The van der Waals surface area contributed by atoms with Crippen LogP contribution in [0.5, 0.6) is 5.75 Å². The molecular weight excluding hydrogens is 324 g/mol. The first kappa shape index (κ1) is 14.6. The van der Waals surface area contributed by atoms with Crippen molar-refractivity contribution in [1.82, 2.24) is 10.2 Å². The quantitative estimate of drug-likeness (QED) is 0.681. The van der Waals surface area contributed by atoms with Gasteiger partial charge in [-0.2, -0.15) is 0 Å². The number of nitrogens with zero attached hydrogens (tertiary/aromatic N) is 1. The summed E-state index contributed by atoms with van der Waals surface area (Å²) >= 11 is 3.43. The monoisotopic (exact) mass is 338 g/mol. The number of nitrogens with one attached hydrogen (secondary N) is 1. The molecule has 0 atom stereocenters. The van der Waals surface area contributed by atoms with Crippen molar-refractivity contribution in [1.29, 1.82) is 0 Å². The predicted octanol–water partition coefficient (Wildman–Crippen LogP) is 2.76. The van der Waals surface area contributed by atoms with Crippen LogP contribution in [0.4, 0.5) is 4.79 Å².